The zero-order valence-electron chi connectivity index (χ0n) is 15.1. The third-order valence-electron chi connectivity index (χ3n) is 3.67. The second-order valence-corrected chi connectivity index (χ2v) is 13.0. The van der Waals surface area contributed by atoms with Gasteiger partial charge in [0.25, 0.3) is 0 Å². The molecule has 0 radical (unpaired) electrons. The molecule has 4 nitrogen and oxygen atoms in total. The van der Waals surface area contributed by atoms with Crippen LogP contribution in [0.4, 0.5) is 17.6 Å². The Morgan fingerprint density at radius 3 is 2.58 bits per heavy atom. The van der Waals surface area contributed by atoms with Crippen molar-refractivity contribution in [2.75, 3.05) is 6.61 Å². The predicted molar refractivity (Wildman–Crippen MR) is 93.1 cm³/mol. The molecular formula is C17H23F4N3OSi. The maximum Gasteiger partial charge on any atom is 0.396 e. The van der Waals surface area contributed by atoms with Gasteiger partial charge in [0.2, 0.25) is 5.95 Å². The third-order valence-corrected chi connectivity index (χ3v) is 5.37. The van der Waals surface area contributed by atoms with Crippen LogP contribution in [0.5, 0.6) is 0 Å². The van der Waals surface area contributed by atoms with Crippen LogP contribution in [0, 0.1) is 5.95 Å². The SMILES string of the molecule is C[Si](C)(C)CCOCn1cc(Cc2ccnc(F)c2)nc1CC(F)(F)F. The molecule has 2 rings (SSSR count). The summed E-state index contributed by atoms with van der Waals surface area (Å²) in [6.45, 7) is 7.13. The minimum absolute atomic E-state index is 0.0214. The average molecular weight is 389 g/mol. The van der Waals surface area contributed by atoms with Gasteiger partial charge < -0.3 is 9.30 Å². The summed E-state index contributed by atoms with van der Waals surface area (Å²) in [6, 6.07) is 3.78. The third kappa shape index (κ3) is 7.25. The van der Waals surface area contributed by atoms with E-state index < -0.39 is 26.6 Å². The summed E-state index contributed by atoms with van der Waals surface area (Å²) in [5.74, 6) is -0.734. The lowest BCUT2D eigenvalue weighted by atomic mass is 10.1. The largest absolute Gasteiger partial charge is 0.396 e. The highest BCUT2D eigenvalue weighted by atomic mass is 28.3. The normalized spacial score (nSPS) is 12.6. The van der Waals surface area contributed by atoms with Crippen LogP contribution in [-0.4, -0.2) is 35.4 Å². The first-order valence-electron chi connectivity index (χ1n) is 8.32. The first-order valence-corrected chi connectivity index (χ1v) is 12.0. The van der Waals surface area contributed by atoms with E-state index in [0.29, 0.717) is 17.9 Å². The van der Waals surface area contributed by atoms with E-state index in [2.05, 4.69) is 29.6 Å². The van der Waals surface area contributed by atoms with Crippen molar-refractivity contribution < 1.29 is 22.3 Å². The molecule has 0 bridgehead atoms. The molecule has 0 aliphatic rings. The molecule has 144 valence electrons. The fourth-order valence-electron chi connectivity index (χ4n) is 2.33. The van der Waals surface area contributed by atoms with Gasteiger partial charge in [0.05, 0.1) is 5.69 Å². The summed E-state index contributed by atoms with van der Waals surface area (Å²) < 4.78 is 58.5. The quantitative estimate of drug-likeness (QED) is 0.290. The minimum Gasteiger partial charge on any atom is -0.361 e. The Hall–Kier alpha value is -1.74. The molecule has 2 heterocycles. The molecule has 0 spiro atoms. The molecule has 0 amide bonds. The second kappa shape index (κ2) is 8.30. The zero-order chi connectivity index (χ0) is 19.4. The summed E-state index contributed by atoms with van der Waals surface area (Å²) in [7, 11) is -1.27. The van der Waals surface area contributed by atoms with E-state index in [-0.39, 0.29) is 19.0 Å². The fourth-order valence-corrected chi connectivity index (χ4v) is 3.09. The minimum atomic E-state index is -4.36. The van der Waals surface area contributed by atoms with Gasteiger partial charge in [-0.15, -0.1) is 0 Å². The van der Waals surface area contributed by atoms with E-state index in [9.17, 15) is 17.6 Å². The van der Waals surface area contributed by atoms with Gasteiger partial charge in [-0.3, -0.25) is 0 Å². The molecule has 0 N–H and O–H groups in total. The number of alkyl halides is 3. The van der Waals surface area contributed by atoms with Crippen molar-refractivity contribution in [2.24, 2.45) is 0 Å². The second-order valence-electron chi connectivity index (χ2n) is 7.42. The van der Waals surface area contributed by atoms with Gasteiger partial charge in [0.1, 0.15) is 19.0 Å². The summed E-state index contributed by atoms with van der Waals surface area (Å²) in [6.07, 6.45) is -2.41. The monoisotopic (exact) mass is 389 g/mol. The van der Waals surface area contributed by atoms with Crippen LogP contribution in [-0.2, 0) is 24.3 Å². The van der Waals surface area contributed by atoms with Crippen molar-refractivity contribution >= 4 is 8.07 Å². The molecule has 0 fully saturated rings. The van der Waals surface area contributed by atoms with Crippen molar-refractivity contribution in [1.29, 1.82) is 0 Å². The summed E-state index contributed by atoms with van der Waals surface area (Å²) in [5.41, 5.74) is 1.03. The van der Waals surface area contributed by atoms with Gasteiger partial charge in [-0.05, 0) is 23.7 Å². The summed E-state index contributed by atoms with van der Waals surface area (Å²) in [4.78, 5) is 7.54. The fraction of sp³-hybridized carbons (Fsp3) is 0.529. The van der Waals surface area contributed by atoms with E-state index in [1.54, 1.807) is 6.07 Å². The number of pyridine rings is 1. The standard InChI is InChI=1S/C17H23F4N3OSi/c1-26(2,3)7-6-25-12-24-11-14(23-16(24)10-17(19,20)21)8-13-4-5-22-15(18)9-13/h4-5,9,11H,6-8,10,12H2,1-3H3. The van der Waals surface area contributed by atoms with Gasteiger partial charge in [0.15, 0.2) is 0 Å². The molecule has 9 heteroatoms. The average Bonchev–Trinajstić information content (AvgIpc) is 2.82. The van der Waals surface area contributed by atoms with E-state index in [4.69, 9.17) is 4.74 Å². The van der Waals surface area contributed by atoms with Crippen molar-refractivity contribution in [3.8, 4) is 0 Å². The lowest BCUT2D eigenvalue weighted by Gasteiger charge is -2.16. The Bertz CT molecular complexity index is 726. The van der Waals surface area contributed by atoms with E-state index in [1.165, 1.54) is 23.0 Å². The number of hydrogen-bond donors (Lipinski definition) is 0. The highest BCUT2D eigenvalue weighted by Crippen LogP contribution is 2.22. The molecule has 0 aliphatic heterocycles. The van der Waals surface area contributed by atoms with E-state index in [1.807, 2.05) is 0 Å². The Morgan fingerprint density at radius 2 is 1.96 bits per heavy atom. The highest BCUT2D eigenvalue weighted by Gasteiger charge is 2.30. The van der Waals surface area contributed by atoms with Crippen LogP contribution in [0.1, 0.15) is 17.1 Å². The molecule has 0 atom stereocenters. The lowest BCUT2D eigenvalue weighted by molar-refractivity contribution is -0.129. The maximum absolute atomic E-state index is 13.2. The highest BCUT2D eigenvalue weighted by molar-refractivity contribution is 6.76. The van der Waals surface area contributed by atoms with Crippen LogP contribution in [0.25, 0.3) is 0 Å². The number of rotatable bonds is 8. The molecule has 0 saturated heterocycles. The van der Waals surface area contributed by atoms with Gasteiger partial charge >= 0.3 is 6.18 Å². The first-order chi connectivity index (χ1) is 12.0. The van der Waals surface area contributed by atoms with Crippen molar-refractivity contribution in [3.05, 3.63) is 47.6 Å². The number of hydrogen-bond acceptors (Lipinski definition) is 3. The van der Waals surface area contributed by atoms with Crippen LogP contribution in [0.2, 0.25) is 25.7 Å². The van der Waals surface area contributed by atoms with Crippen molar-refractivity contribution in [1.82, 2.24) is 14.5 Å². The maximum atomic E-state index is 13.2. The molecule has 0 aromatic carbocycles. The van der Waals surface area contributed by atoms with Crippen LogP contribution < -0.4 is 0 Å². The Balaban J connectivity index is 2.10. The van der Waals surface area contributed by atoms with Gasteiger partial charge in [-0.2, -0.15) is 17.6 Å². The number of imidazole rings is 1. The van der Waals surface area contributed by atoms with Crippen molar-refractivity contribution in [3.63, 3.8) is 0 Å². The Labute approximate surface area is 151 Å². The topological polar surface area (TPSA) is 39.9 Å². The van der Waals surface area contributed by atoms with Gasteiger partial charge in [-0.1, -0.05) is 19.6 Å². The molecule has 0 aliphatic carbocycles. The molecule has 2 aromatic rings. The number of nitrogens with zero attached hydrogens (tertiary/aromatic N) is 3. The number of halogens is 4. The number of aromatic nitrogens is 3. The predicted octanol–water partition coefficient (Wildman–Crippen LogP) is 4.43. The lowest BCUT2D eigenvalue weighted by Crippen LogP contribution is -2.22. The van der Waals surface area contributed by atoms with Gasteiger partial charge in [0, 0.05) is 33.5 Å². The molecular weight excluding hydrogens is 366 g/mol. The molecule has 26 heavy (non-hydrogen) atoms. The van der Waals surface area contributed by atoms with Crippen molar-refractivity contribution in [2.45, 2.75) is 51.4 Å². The van der Waals surface area contributed by atoms with Crippen LogP contribution >= 0.6 is 0 Å². The Kier molecular flexibility index (Phi) is 6.57. The Morgan fingerprint density at radius 1 is 1.23 bits per heavy atom. The molecule has 0 unspecified atom stereocenters. The zero-order valence-corrected chi connectivity index (χ0v) is 16.1. The van der Waals surface area contributed by atoms with E-state index in [0.717, 1.165) is 6.04 Å². The van der Waals surface area contributed by atoms with Gasteiger partial charge in [-0.25, -0.2) is 9.97 Å². The summed E-state index contributed by atoms with van der Waals surface area (Å²) in [5, 5.41) is 0. The summed E-state index contributed by atoms with van der Waals surface area (Å²) >= 11 is 0. The number of ether oxygens (including phenoxy) is 1. The molecule has 2 aromatic heterocycles. The molecule has 0 saturated carbocycles. The smallest absolute Gasteiger partial charge is 0.361 e. The van der Waals surface area contributed by atoms with Crippen LogP contribution in [0.3, 0.4) is 0 Å². The van der Waals surface area contributed by atoms with E-state index >= 15 is 0 Å². The first kappa shape index (κ1) is 20.6. The van der Waals surface area contributed by atoms with Crippen LogP contribution in [0.15, 0.2) is 24.5 Å².